The second-order valence-electron chi connectivity index (χ2n) is 3.57. The van der Waals surface area contributed by atoms with Gasteiger partial charge in [0.2, 0.25) is 5.82 Å². The molecule has 0 unspecified atom stereocenters. The summed E-state index contributed by atoms with van der Waals surface area (Å²) in [6.45, 7) is 0. The average molecular weight is 310 g/mol. The Morgan fingerprint density at radius 3 is 2.33 bits per heavy atom. The van der Waals surface area contributed by atoms with Crippen LogP contribution >= 0.6 is 0 Å². The SMILES string of the molecule is [Y].[c-]1ccc(-c2ccccc2-c2nn[nH]n2)cc1. The van der Waals surface area contributed by atoms with E-state index in [-0.39, 0.29) is 32.7 Å². The maximum atomic E-state index is 4.02. The largest absolute Gasteiger partial charge is 0.205 e. The van der Waals surface area contributed by atoms with Crippen molar-refractivity contribution in [3.8, 4) is 22.5 Å². The fourth-order valence-corrected chi connectivity index (χ4v) is 1.77. The molecule has 3 aromatic rings. The molecule has 1 N–H and O–H groups in total. The summed E-state index contributed by atoms with van der Waals surface area (Å²) >= 11 is 0. The van der Waals surface area contributed by atoms with Crippen LogP contribution in [0.4, 0.5) is 0 Å². The average Bonchev–Trinajstić information content (AvgIpc) is 2.94. The summed E-state index contributed by atoms with van der Waals surface area (Å²) in [5.41, 5.74) is 3.17. The first-order chi connectivity index (χ1) is 8.45. The summed E-state index contributed by atoms with van der Waals surface area (Å²) < 4.78 is 0. The van der Waals surface area contributed by atoms with Crippen LogP contribution in [0.1, 0.15) is 0 Å². The van der Waals surface area contributed by atoms with Gasteiger partial charge in [-0.1, -0.05) is 24.3 Å². The van der Waals surface area contributed by atoms with E-state index in [0.29, 0.717) is 5.82 Å². The summed E-state index contributed by atoms with van der Waals surface area (Å²) in [5.74, 6) is 0.605. The van der Waals surface area contributed by atoms with E-state index in [4.69, 9.17) is 0 Å². The zero-order chi connectivity index (χ0) is 11.5. The van der Waals surface area contributed by atoms with Crippen LogP contribution in [0.3, 0.4) is 0 Å². The molecule has 18 heavy (non-hydrogen) atoms. The quantitative estimate of drug-likeness (QED) is 0.739. The van der Waals surface area contributed by atoms with Gasteiger partial charge in [-0.3, -0.25) is 0 Å². The van der Waals surface area contributed by atoms with E-state index in [1.54, 1.807) is 0 Å². The third-order valence-electron chi connectivity index (χ3n) is 2.54. The third-order valence-corrected chi connectivity index (χ3v) is 2.54. The Bertz CT molecular complexity index is 608. The fraction of sp³-hybridized carbons (Fsp3) is 0. The number of aromatic nitrogens is 4. The maximum absolute atomic E-state index is 4.02. The number of aromatic amines is 1. The zero-order valence-electron chi connectivity index (χ0n) is 9.54. The topological polar surface area (TPSA) is 54.5 Å². The van der Waals surface area contributed by atoms with Gasteiger partial charge in [0.15, 0.2) is 0 Å². The Kier molecular flexibility index (Phi) is 4.34. The monoisotopic (exact) mass is 310 g/mol. The summed E-state index contributed by atoms with van der Waals surface area (Å²) in [6.07, 6.45) is 0. The molecule has 0 fully saturated rings. The van der Waals surface area contributed by atoms with Crippen LogP contribution in [0.5, 0.6) is 0 Å². The summed E-state index contributed by atoms with van der Waals surface area (Å²) in [4.78, 5) is 0. The molecule has 0 aliphatic carbocycles. The standard InChI is InChI=1S/C13H9N4.Y/c1-2-6-10(7-3-1)11-8-4-5-9-12(11)13-14-16-17-15-13;/h2-9H,(H,14,15,16,17);/q-1;. The number of nitrogens with one attached hydrogen (secondary N) is 1. The molecule has 1 radical (unpaired) electrons. The number of tetrazole rings is 1. The first kappa shape index (κ1) is 13.1. The van der Waals surface area contributed by atoms with Crippen molar-refractivity contribution in [3.05, 3.63) is 54.6 Å². The predicted molar refractivity (Wildman–Crippen MR) is 63.9 cm³/mol. The van der Waals surface area contributed by atoms with Gasteiger partial charge in [0.1, 0.15) is 0 Å². The van der Waals surface area contributed by atoms with E-state index in [2.05, 4.69) is 26.7 Å². The molecule has 0 spiro atoms. The Balaban J connectivity index is 0.00000120. The summed E-state index contributed by atoms with van der Waals surface area (Å²) in [6, 6.07) is 18.8. The number of nitrogens with zero attached hydrogens (tertiary/aromatic N) is 3. The third kappa shape index (κ3) is 2.55. The van der Waals surface area contributed by atoms with E-state index in [0.717, 1.165) is 16.7 Å². The fourth-order valence-electron chi connectivity index (χ4n) is 1.77. The molecule has 0 amide bonds. The first-order valence-electron chi connectivity index (χ1n) is 5.24. The molecule has 4 nitrogen and oxygen atoms in total. The normalized spacial score (nSPS) is 9.78. The van der Waals surface area contributed by atoms with Gasteiger partial charge in [0.25, 0.3) is 0 Å². The molecule has 85 valence electrons. The van der Waals surface area contributed by atoms with Crippen LogP contribution in [0, 0.1) is 6.07 Å². The van der Waals surface area contributed by atoms with Gasteiger partial charge < -0.3 is 0 Å². The van der Waals surface area contributed by atoms with E-state index in [9.17, 15) is 0 Å². The molecule has 0 saturated heterocycles. The number of H-pyrrole nitrogens is 1. The number of hydrogen-bond donors (Lipinski definition) is 1. The van der Waals surface area contributed by atoms with Gasteiger partial charge in [0.05, 0.1) is 0 Å². The van der Waals surface area contributed by atoms with Crippen molar-refractivity contribution in [1.29, 1.82) is 0 Å². The minimum atomic E-state index is 0. The minimum absolute atomic E-state index is 0. The van der Waals surface area contributed by atoms with Gasteiger partial charge in [-0.05, 0) is 10.8 Å². The van der Waals surface area contributed by atoms with Crippen molar-refractivity contribution in [2.45, 2.75) is 0 Å². The molecule has 0 aliphatic heterocycles. The van der Waals surface area contributed by atoms with Crippen LogP contribution in [0.15, 0.2) is 48.5 Å². The van der Waals surface area contributed by atoms with Crippen LogP contribution in [0.2, 0.25) is 0 Å². The second-order valence-corrected chi connectivity index (χ2v) is 3.57. The Morgan fingerprint density at radius 2 is 1.67 bits per heavy atom. The molecule has 1 heterocycles. The van der Waals surface area contributed by atoms with Gasteiger partial charge in [0, 0.05) is 38.3 Å². The Morgan fingerprint density at radius 1 is 0.944 bits per heavy atom. The van der Waals surface area contributed by atoms with E-state index >= 15 is 0 Å². The molecular weight excluding hydrogens is 301 g/mol. The van der Waals surface area contributed by atoms with Crippen molar-refractivity contribution in [3.63, 3.8) is 0 Å². The molecule has 0 saturated carbocycles. The first-order valence-corrected chi connectivity index (χ1v) is 5.24. The van der Waals surface area contributed by atoms with E-state index in [1.165, 1.54) is 0 Å². The van der Waals surface area contributed by atoms with Crippen LogP contribution in [-0.4, -0.2) is 20.6 Å². The van der Waals surface area contributed by atoms with Gasteiger partial charge in [-0.15, -0.1) is 15.8 Å². The van der Waals surface area contributed by atoms with Gasteiger partial charge in [-0.25, -0.2) is 0 Å². The molecule has 2 aromatic carbocycles. The van der Waals surface area contributed by atoms with Gasteiger partial charge in [-0.2, -0.15) is 35.5 Å². The second kappa shape index (κ2) is 5.98. The summed E-state index contributed by atoms with van der Waals surface area (Å²) in [7, 11) is 0. The molecule has 1 aromatic heterocycles. The molecule has 0 atom stereocenters. The Labute approximate surface area is 130 Å². The minimum Gasteiger partial charge on any atom is -0.184 e. The van der Waals surface area contributed by atoms with Crippen LogP contribution < -0.4 is 0 Å². The van der Waals surface area contributed by atoms with Gasteiger partial charge >= 0.3 is 0 Å². The van der Waals surface area contributed by atoms with E-state index in [1.807, 2.05) is 48.5 Å². The maximum Gasteiger partial charge on any atom is 0.205 e. The molecule has 0 bridgehead atoms. The zero-order valence-corrected chi connectivity index (χ0v) is 12.4. The smallest absolute Gasteiger partial charge is 0.184 e. The molecule has 0 aliphatic rings. The van der Waals surface area contributed by atoms with Crippen molar-refractivity contribution in [1.82, 2.24) is 20.6 Å². The number of hydrogen-bond acceptors (Lipinski definition) is 3. The van der Waals surface area contributed by atoms with E-state index < -0.39 is 0 Å². The van der Waals surface area contributed by atoms with Crippen molar-refractivity contribution in [2.24, 2.45) is 0 Å². The Hall–Kier alpha value is -1.39. The molecule has 3 rings (SSSR count). The van der Waals surface area contributed by atoms with Crippen LogP contribution in [0.25, 0.3) is 22.5 Å². The van der Waals surface area contributed by atoms with Crippen molar-refractivity contribution >= 4 is 0 Å². The van der Waals surface area contributed by atoms with Crippen molar-refractivity contribution < 1.29 is 32.7 Å². The molecule has 5 heteroatoms. The number of benzene rings is 2. The predicted octanol–water partition coefficient (Wildman–Crippen LogP) is 2.33. The van der Waals surface area contributed by atoms with Crippen molar-refractivity contribution in [2.75, 3.05) is 0 Å². The van der Waals surface area contributed by atoms with Crippen LogP contribution in [-0.2, 0) is 32.7 Å². The number of rotatable bonds is 2. The summed E-state index contributed by atoms with van der Waals surface area (Å²) in [5, 5.41) is 14.1. The molecular formula is C13H9N4Y-.